The molecule has 10 nitrogen and oxygen atoms in total. The Kier molecular flexibility index (Phi) is 12.9. The number of nitrogens with two attached hydrogens (primary N) is 1. The van der Waals surface area contributed by atoms with E-state index in [4.69, 9.17) is 11.0 Å². The second-order valence-electron chi connectivity index (χ2n) is 7.68. The third kappa shape index (κ3) is 10.5. The molecule has 34 heavy (non-hydrogen) atoms. The van der Waals surface area contributed by atoms with Crippen molar-refractivity contribution in [3.05, 3.63) is 24.3 Å². The fourth-order valence-corrected chi connectivity index (χ4v) is 3.52. The van der Waals surface area contributed by atoms with Crippen molar-refractivity contribution in [1.82, 2.24) is 15.1 Å². The van der Waals surface area contributed by atoms with Crippen molar-refractivity contribution in [3.8, 4) is 19.0 Å². The molecule has 3 rings (SSSR count). The average Bonchev–Trinajstić information content (AvgIpc) is 3.27. The minimum absolute atomic E-state index is 0.00229. The maximum atomic E-state index is 11.9. The van der Waals surface area contributed by atoms with Crippen LogP contribution in [0.2, 0.25) is 0 Å². The molecule has 4 N–H and O–H groups in total. The Morgan fingerprint density at radius 3 is 2.47 bits per heavy atom. The molecule has 0 bridgehead atoms. The summed E-state index contributed by atoms with van der Waals surface area (Å²) in [5.41, 5.74) is 6.57. The minimum atomic E-state index is -0.163. The fourth-order valence-electron chi connectivity index (χ4n) is 3.52. The second-order valence-corrected chi connectivity index (χ2v) is 7.68. The summed E-state index contributed by atoms with van der Waals surface area (Å²) in [6.45, 7) is 4.24. The van der Waals surface area contributed by atoms with Crippen molar-refractivity contribution in [2.75, 3.05) is 31.5 Å². The maximum Gasteiger partial charge on any atom is 0.242 e. The Balaban J connectivity index is 0.000000317. The molecule has 0 atom stereocenters. The molecule has 182 valence electrons. The second kappa shape index (κ2) is 15.7. The predicted octanol–water partition coefficient (Wildman–Crippen LogP) is 1.92. The maximum absolute atomic E-state index is 11.9. The number of rotatable bonds is 4. The Hall–Kier alpha value is -4.05. The van der Waals surface area contributed by atoms with Gasteiger partial charge < -0.3 is 20.9 Å². The van der Waals surface area contributed by atoms with Gasteiger partial charge in [0.25, 0.3) is 0 Å². The van der Waals surface area contributed by atoms with Crippen LogP contribution >= 0.6 is 0 Å². The van der Waals surface area contributed by atoms with E-state index in [1.807, 2.05) is 4.90 Å². The molecule has 0 unspecified atom stereocenters. The van der Waals surface area contributed by atoms with Crippen LogP contribution in [-0.2, 0) is 14.4 Å². The number of benzene rings is 1. The summed E-state index contributed by atoms with van der Waals surface area (Å²) in [6, 6.07) is 6.81. The largest absolute Gasteiger partial charge is 0.369 e. The van der Waals surface area contributed by atoms with Crippen LogP contribution in [-0.4, -0.2) is 59.7 Å². The zero-order valence-corrected chi connectivity index (χ0v) is 19.6. The van der Waals surface area contributed by atoms with Crippen molar-refractivity contribution in [1.29, 1.82) is 5.26 Å². The van der Waals surface area contributed by atoms with Crippen LogP contribution in [0.15, 0.2) is 29.3 Å². The number of amides is 3. The molecular weight excluding hydrogens is 434 g/mol. The van der Waals surface area contributed by atoms with Gasteiger partial charge >= 0.3 is 0 Å². The van der Waals surface area contributed by atoms with E-state index >= 15 is 0 Å². The van der Waals surface area contributed by atoms with Gasteiger partial charge in [-0.25, -0.2) is 4.99 Å². The lowest BCUT2D eigenvalue weighted by atomic mass is 10.2. The van der Waals surface area contributed by atoms with Gasteiger partial charge in [0.05, 0.1) is 12.2 Å². The number of hydrogen-bond acceptors (Lipinski definition) is 5. The third-order valence-corrected chi connectivity index (χ3v) is 5.06. The highest BCUT2D eigenvalue weighted by atomic mass is 16.2. The van der Waals surface area contributed by atoms with E-state index in [1.165, 1.54) is 6.92 Å². The summed E-state index contributed by atoms with van der Waals surface area (Å²) in [6.07, 6.45) is 15.6. The first-order valence-electron chi connectivity index (χ1n) is 11.1. The summed E-state index contributed by atoms with van der Waals surface area (Å²) in [5.74, 6) is 0.129. The summed E-state index contributed by atoms with van der Waals surface area (Å²) >= 11 is 0. The molecule has 2 aliphatic heterocycles. The number of carbonyl (C=O) groups is 3. The number of nitriles is 1. The van der Waals surface area contributed by atoms with E-state index < -0.39 is 0 Å². The van der Waals surface area contributed by atoms with Crippen molar-refractivity contribution in [3.63, 3.8) is 0 Å². The smallest absolute Gasteiger partial charge is 0.242 e. The van der Waals surface area contributed by atoms with Crippen molar-refractivity contribution < 1.29 is 14.4 Å². The first-order valence-corrected chi connectivity index (χ1v) is 11.1. The molecule has 0 saturated carbocycles. The van der Waals surface area contributed by atoms with Crippen LogP contribution in [0.5, 0.6) is 0 Å². The Labute approximate surface area is 201 Å². The number of aliphatic imine (C=N–C) groups is 1. The average molecular weight is 468 g/mol. The molecule has 10 heteroatoms. The number of carbonyl (C=O) groups excluding carboxylic acids is 3. The summed E-state index contributed by atoms with van der Waals surface area (Å²) in [4.78, 5) is 42.0. The van der Waals surface area contributed by atoms with Gasteiger partial charge in [-0.2, -0.15) is 5.26 Å². The minimum Gasteiger partial charge on any atom is -0.369 e. The molecular formula is C24H33N7O3. The van der Waals surface area contributed by atoms with Crippen molar-refractivity contribution >= 4 is 35.1 Å². The lowest BCUT2D eigenvalue weighted by molar-refractivity contribution is -0.139. The number of anilines is 1. The van der Waals surface area contributed by atoms with Gasteiger partial charge in [-0.3, -0.25) is 19.7 Å². The van der Waals surface area contributed by atoms with E-state index in [0.717, 1.165) is 51.7 Å². The van der Waals surface area contributed by atoms with Crippen LogP contribution in [0.3, 0.4) is 0 Å². The number of terminal acetylenes is 1. The van der Waals surface area contributed by atoms with Gasteiger partial charge in [0.2, 0.25) is 23.7 Å². The molecule has 3 amide bonds. The van der Waals surface area contributed by atoms with Crippen LogP contribution in [0.4, 0.5) is 11.4 Å². The van der Waals surface area contributed by atoms with Gasteiger partial charge in [-0.15, -0.1) is 12.8 Å². The van der Waals surface area contributed by atoms with Gasteiger partial charge in [0.1, 0.15) is 0 Å². The van der Waals surface area contributed by atoms with Gasteiger partial charge in [0, 0.05) is 38.7 Å². The molecule has 2 heterocycles. The van der Waals surface area contributed by atoms with Crippen LogP contribution in [0.1, 0.15) is 45.4 Å². The van der Waals surface area contributed by atoms with Gasteiger partial charge in [0.15, 0.2) is 6.19 Å². The van der Waals surface area contributed by atoms with Crippen LogP contribution < -0.4 is 16.4 Å². The van der Waals surface area contributed by atoms with Gasteiger partial charge in [-0.05, 0) is 43.9 Å². The lowest BCUT2D eigenvalue weighted by Crippen LogP contribution is -2.41. The number of likely N-dealkylation sites (tertiary alicyclic amines) is 2. The Morgan fingerprint density at radius 2 is 1.82 bits per heavy atom. The molecule has 2 aliphatic rings. The molecule has 2 fully saturated rings. The van der Waals surface area contributed by atoms with E-state index in [2.05, 4.69) is 28.5 Å². The Bertz CT molecular complexity index is 915. The standard InChI is InChI=1S/C12H20N2O2.C10H11N5O.C2H2/c15-11-6-2-1-3-9-14(11)10-12(16)13-7-4-5-8-13;1-7(16)14-8-3-2-4-9(5-8)15-10(12)13-6-11;1-2/h1-10H2;2-5H,1H3,(H,14,16)(H3,12,13,15);1-2H. The van der Waals surface area contributed by atoms with Gasteiger partial charge in [-0.1, -0.05) is 12.5 Å². The summed E-state index contributed by atoms with van der Waals surface area (Å²) in [7, 11) is 0. The van der Waals surface area contributed by atoms with Crippen LogP contribution in [0, 0.1) is 24.3 Å². The van der Waals surface area contributed by atoms with E-state index in [0.29, 0.717) is 24.3 Å². The first-order chi connectivity index (χ1) is 16.4. The highest BCUT2D eigenvalue weighted by molar-refractivity contribution is 5.89. The number of nitrogens with one attached hydrogen (secondary N) is 2. The molecule has 0 radical (unpaired) electrons. The molecule has 2 saturated heterocycles. The molecule has 0 aliphatic carbocycles. The van der Waals surface area contributed by atoms with Crippen LogP contribution in [0.25, 0.3) is 0 Å². The van der Waals surface area contributed by atoms with E-state index in [9.17, 15) is 14.4 Å². The molecule has 1 aromatic carbocycles. The monoisotopic (exact) mass is 467 g/mol. The quantitative estimate of drug-likeness (QED) is 0.203. The number of hydrogen-bond donors (Lipinski definition) is 3. The van der Waals surface area contributed by atoms with Crippen molar-refractivity contribution in [2.24, 2.45) is 10.7 Å². The highest BCUT2D eigenvalue weighted by Gasteiger charge is 2.23. The lowest BCUT2D eigenvalue weighted by Gasteiger charge is -2.23. The first kappa shape index (κ1) is 28.0. The van der Waals surface area contributed by atoms with Crippen molar-refractivity contribution in [2.45, 2.75) is 45.4 Å². The van der Waals surface area contributed by atoms with E-state index in [-0.39, 0.29) is 23.7 Å². The molecule has 0 aromatic heterocycles. The molecule has 0 spiro atoms. The Morgan fingerprint density at radius 1 is 1.15 bits per heavy atom. The zero-order chi connectivity index (χ0) is 25.3. The third-order valence-electron chi connectivity index (χ3n) is 5.06. The zero-order valence-electron chi connectivity index (χ0n) is 19.6. The molecule has 1 aromatic rings. The number of guanidine groups is 1. The summed E-state index contributed by atoms with van der Waals surface area (Å²) in [5, 5.41) is 13.1. The fraction of sp³-hybridized carbons (Fsp3) is 0.458. The predicted molar refractivity (Wildman–Crippen MR) is 132 cm³/mol. The topological polar surface area (TPSA) is 144 Å². The highest BCUT2D eigenvalue weighted by Crippen LogP contribution is 2.17. The summed E-state index contributed by atoms with van der Waals surface area (Å²) < 4.78 is 0. The van der Waals surface area contributed by atoms with E-state index in [1.54, 1.807) is 35.4 Å². The number of nitrogens with zero attached hydrogens (tertiary/aromatic N) is 4. The SMILES string of the molecule is C#C.CC(=O)Nc1cccc(N=C(N)NC#N)c1.O=C(CN1CCCCCC1=O)N1CCCC1. The normalized spacial score (nSPS) is 15.5.